The summed E-state index contributed by atoms with van der Waals surface area (Å²) in [5.41, 5.74) is 0.412. The fourth-order valence-corrected chi connectivity index (χ4v) is 5.71. The number of esters is 2. The van der Waals surface area contributed by atoms with Crippen LogP contribution in [0.3, 0.4) is 0 Å². The Morgan fingerprint density at radius 1 is 1.10 bits per heavy atom. The standard InChI is InChI=1S/C34H48N6O10Si/c1-34(2,3)50-33(47)39-23-16-26(41)36-24(23)17-28(43)40(4)19-27(42)37-25(31(45)35-18-29(44)49-13-14-51(6,7)8)15-21-20-11-9-10-12-22(20)38-30(21)32(46)48-5/h9-12,17,23,25,38H,13-16,18-19H2,1-8H3,(H,35,45)(H,36,41)(H,37,42)(H,39,47)/b24-17-/t23-,25-/m1/s1. The smallest absolute Gasteiger partial charge is 0.408 e. The van der Waals surface area contributed by atoms with Crippen LogP contribution < -0.4 is 21.3 Å². The highest BCUT2D eigenvalue weighted by atomic mass is 28.3. The van der Waals surface area contributed by atoms with Crippen LogP contribution >= 0.6 is 0 Å². The number of alkyl carbamates (subject to hydrolysis) is 1. The normalized spacial score (nSPS) is 15.8. The van der Waals surface area contributed by atoms with Crippen molar-refractivity contribution in [3.8, 4) is 0 Å². The molecule has 0 aliphatic carbocycles. The van der Waals surface area contributed by atoms with Gasteiger partial charge >= 0.3 is 18.0 Å². The van der Waals surface area contributed by atoms with Crippen molar-refractivity contribution in [2.75, 3.05) is 33.9 Å². The van der Waals surface area contributed by atoms with Crippen molar-refractivity contribution in [2.24, 2.45) is 0 Å². The average molecular weight is 729 g/mol. The molecule has 278 valence electrons. The lowest BCUT2D eigenvalue weighted by atomic mass is 10.0. The SMILES string of the molecule is COC(=O)c1[nH]c2ccccc2c1C[C@@H](NC(=O)CN(C)C(=O)/C=C1\NC(=O)C[C@H]1NC(=O)OC(C)(C)C)C(=O)NCC(=O)OCC[Si](C)(C)C. The van der Waals surface area contributed by atoms with Crippen LogP contribution in [0.25, 0.3) is 10.9 Å². The van der Waals surface area contributed by atoms with E-state index in [0.717, 1.165) is 17.0 Å². The van der Waals surface area contributed by atoms with E-state index >= 15 is 0 Å². The van der Waals surface area contributed by atoms with Crippen molar-refractivity contribution >= 4 is 60.6 Å². The summed E-state index contributed by atoms with van der Waals surface area (Å²) < 4.78 is 15.5. The van der Waals surface area contributed by atoms with Gasteiger partial charge in [-0.25, -0.2) is 9.59 Å². The fourth-order valence-electron chi connectivity index (χ4n) is 4.99. The summed E-state index contributed by atoms with van der Waals surface area (Å²) in [4.78, 5) is 93.4. The van der Waals surface area contributed by atoms with Gasteiger partial charge in [0, 0.05) is 44.2 Å². The molecule has 0 bridgehead atoms. The van der Waals surface area contributed by atoms with E-state index in [0.29, 0.717) is 16.5 Å². The number of amides is 5. The van der Waals surface area contributed by atoms with Gasteiger partial charge in [0.25, 0.3) is 0 Å². The molecular formula is C34H48N6O10Si. The maximum Gasteiger partial charge on any atom is 0.408 e. The van der Waals surface area contributed by atoms with Gasteiger partial charge in [-0.1, -0.05) is 37.8 Å². The number of ether oxygens (including phenoxy) is 3. The first-order chi connectivity index (χ1) is 23.8. The molecule has 2 aromatic rings. The maximum atomic E-state index is 13.5. The van der Waals surface area contributed by atoms with E-state index in [4.69, 9.17) is 14.2 Å². The number of para-hydroxylation sites is 1. The van der Waals surface area contributed by atoms with Gasteiger partial charge in [-0.05, 0) is 38.4 Å². The van der Waals surface area contributed by atoms with Crippen LogP contribution in [0.4, 0.5) is 4.79 Å². The second-order valence-corrected chi connectivity index (χ2v) is 20.0. The Balaban J connectivity index is 1.77. The number of carbonyl (C=O) groups excluding carboxylic acids is 7. The van der Waals surface area contributed by atoms with Crippen LogP contribution in [0.5, 0.6) is 0 Å². The number of aromatic amines is 1. The van der Waals surface area contributed by atoms with E-state index in [-0.39, 0.29) is 30.8 Å². The van der Waals surface area contributed by atoms with Crippen molar-refractivity contribution in [1.82, 2.24) is 31.2 Å². The minimum Gasteiger partial charge on any atom is -0.465 e. The van der Waals surface area contributed by atoms with Crippen LogP contribution in [0.1, 0.15) is 43.2 Å². The van der Waals surface area contributed by atoms with Crippen molar-refractivity contribution in [3.63, 3.8) is 0 Å². The average Bonchev–Trinajstić information content (AvgIpc) is 3.56. The molecule has 1 fully saturated rings. The summed E-state index contributed by atoms with van der Waals surface area (Å²) in [5.74, 6) is -3.90. The van der Waals surface area contributed by atoms with Crippen LogP contribution in [-0.2, 0) is 44.6 Å². The topological polar surface area (TPSA) is 214 Å². The van der Waals surface area contributed by atoms with Crippen molar-refractivity contribution in [1.29, 1.82) is 0 Å². The Morgan fingerprint density at radius 3 is 2.43 bits per heavy atom. The van der Waals surface area contributed by atoms with Gasteiger partial charge < -0.3 is 45.4 Å². The summed E-state index contributed by atoms with van der Waals surface area (Å²) >= 11 is 0. The van der Waals surface area contributed by atoms with Crippen LogP contribution in [-0.4, -0.2) is 111 Å². The number of hydrogen-bond donors (Lipinski definition) is 5. The van der Waals surface area contributed by atoms with Crippen molar-refractivity contribution in [2.45, 2.75) is 77.0 Å². The minimum atomic E-state index is -1.46. The van der Waals surface area contributed by atoms with E-state index in [2.05, 4.69) is 45.9 Å². The van der Waals surface area contributed by atoms with Crippen LogP contribution in [0.2, 0.25) is 25.7 Å². The second kappa shape index (κ2) is 17.2. The van der Waals surface area contributed by atoms with E-state index < -0.39 is 80.5 Å². The molecule has 2 heterocycles. The van der Waals surface area contributed by atoms with E-state index in [9.17, 15) is 33.6 Å². The Kier molecular flexibility index (Phi) is 13.5. The molecule has 5 N–H and O–H groups in total. The third-order valence-corrected chi connectivity index (χ3v) is 9.26. The third kappa shape index (κ3) is 12.6. The van der Waals surface area contributed by atoms with Gasteiger partial charge in [-0.2, -0.15) is 0 Å². The molecule has 51 heavy (non-hydrogen) atoms. The number of H-pyrrole nitrogens is 1. The molecule has 1 saturated heterocycles. The first kappa shape index (κ1) is 40.2. The lowest BCUT2D eigenvalue weighted by molar-refractivity contribution is -0.143. The lowest BCUT2D eigenvalue weighted by Crippen LogP contribution is -2.51. The monoisotopic (exact) mass is 728 g/mol. The third-order valence-electron chi connectivity index (χ3n) is 7.56. The molecule has 1 aromatic heterocycles. The van der Waals surface area contributed by atoms with Gasteiger partial charge in [-0.15, -0.1) is 0 Å². The second-order valence-electron chi connectivity index (χ2n) is 14.3. The van der Waals surface area contributed by atoms with E-state index in [1.54, 1.807) is 45.0 Å². The number of benzene rings is 1. The highest BCUT2D eigenvalue weighted by Crippen LogP contribution is 2.25. The molecule has 1 aliphatic rings. The molecule has 16 nitrogen and oxygen atoms in total. The van der Waals surface area contributed by atoms with Crippen molar-refractivity contribution < 1.29 is 47.8 Å². The first-order valence-corrected chi connectivity index (χ1v) is 20.1. The summed E-state index contributed by atoms with van der Waals surface area (Å²) in [6, 6.07) is 5.59. The number of hydrogen-bond acceptors (Lipinski definition) is 10. The molecule has 3 rings (SSSR count). The number of likely N-dealkylation sites (N-methyl/N-ethyl adjacent to an activating group) is 1. The molecule has 0 spiro atoms. The van der Waals surface area contributed by atoms with Gasteiger partial charge in [0.1, 0.15) is 23.9 Å². The molecule has 1 aromatic carbocycles. The number of nitrogens with zero attached hydrogens (tertiary/aromatic N) is 1. The maximum absolute atomic E-state index is 13.5. The zero-order valence-corrected chi connectivity index (χ0v) is 31.3. The molecular weight excluding hydrogens is 680 g/mol. The van der Waals surface area contributed by atoms with E-state index in [1.165, 1.54) is 14.2 Å². The molecule has 0 saturated carbocycles. The largest absolute Gasteiger partial charge is 0.465 e. The zero-order chi connectivity index (χ0) is 38.1. The summed E-state index contributed by atoms with van der Waals surface area (Å²) in [7, 11) is 1.09. The number of aromatic nitrogens is 1. The van der Waals surface area contributed by atoms with Crippen LogP contribution in [0, 0.1) is 0 Å². The molecule has 0 radical (unpaired) electrons. The number of nitrogens with one attached hydrogen (secondary N) is 5. The number of methoxy groups -OCH3 is 1. The number of carbonyl (C=O) groups is 7. The molecule has 17 heteroatoms. The Morgan fingerprint density at radius 2 is 1.78 bits per heavy atom. The number of fused-ring (bicyclic) bond motifs is 1. The van der Waals surface area contributed by atoms with Gasteiger partial charge in [-0.3, -0.25) is 24.0 Å². The Bertz CT molecular complexity index is 1690. The molecule has 0 unspecified atom stereocenters. The zero-order valence-electron chi connectivity index (χ0n) is 30.3. The molecule has 5 amide bonds. The Labute approximate surface area is 297 Å². The number of rotatable bonds is 14. The predicted octanol–water partition coefficient (Wildman–Crippen LogP) is 1.73. The minimum absolute atomic E-state index is 0.0867. The van der Waals surface area contributed by atoms with Gasteiger partial charge in [0.2, 0.25) is 23.6 Å². The summed E-state index contributed by atoms with van der Waals surface area (Å²) in [6.07, 6.45) is 0.0201. The summed E-state index contributed by atoms with van der Waals surface area (Å²) in [6.45, 7) is 10.7. The predicted molar refractivity (Wildman–Crippen MR) is 189 cm³/mol. The van der Waals surface area contributed by atoms with Crippen molar-refractivity contribution in [3.05, 3.63) is 47.3 Å². The molecule has 1 aliphatic heterocycles. The van der Waals surface area contributed by atoms with E-state index in [1.807, 2.05) is 0 Å². The first-order valence-electron chi connectivity index (χ1n) is 16.4. The fraction of sp³-hybridized carbons (Fsp3) is 0.500. The molecule has 2 atom stereocenters. The Hall–Kier alpha value is -5.19. The quantitative estimate of drug-likeness (QED) is 0.0822. The van der Waals surface area contributed by atoms with Crippen LogP contribution in [0.15, 0.2) is 36.0 Å². The summed E-state index contributed by atoms with van der Waals surface area (Å²) in [5, 5.41) is 10.8. The van der Waals surface area contributed by atoms with Gasteiger partial charge in [0.15, 0.2) is 0 Å². The highest BCUT2D eigenvalue weighted by Gasteiger charge is 2.32. The highest BCUT2D eigenvalue weighted by molar-refractivity contribution is 6.76. The van der Waals surface area contributed by atoms with Gasteiger partial charge in [0.05, 0.1) is 32.7 Å². The lowest BCUT2D eigenvalue weighted by Gasteiger charge is -2.22.